The second kappa shape index (κ2) is 12.2. The molecule has 2 aromatic heterocycles. The first kappa shape index (κ1) is 27.6. The van der Waals surface area contributed by atoms with Gasteiger partial charge in [0, 0.05) is 34.7 Å². The Morgan fingerprint density at radius 1 is 1.11 bits per heavy atom. The fourth-order valence-corrected chi connectivity index (χ4v) is 3.99. The highest BCUT2D eigenvalue weighted by Crippen LogP contribution is 2.20. The Kier molecular flexibility index (Phi) is 9.58. The summed E-state index contributed by atoms with van der Waals surface area (Å²) in [6, 6.07) is 7.04. The van der Waals surface area contributed by atoms with Gasteiger partial charge in [0.2, 0.25) is 6.41 Å². The van der Waals surface area contributed by atoms with Crippen molar-refractivity contribution in [3.8, 4) is 0 Å². The van der Waals surface area contributed by atoms with Crippen molar-refractivity contribution in [2.24, 2.45) is 14.1 Å². The normalized spacial score (nSPS) is 10.5. The highest BCUT2D eigenvalue weighted by atomic mass is 32.2. The van der Waals surface area contributed by atoms with Gasteiger partial charge in [-0.1, -0.05) is 37.2 Å². The maximum absolute atomic E-state index is 12.9. The highest BCUT2D eigenvalue weighted by Gasteiger charge is 2.21. The molecule has 0 atom stereocenters. The molecule has 12 heteroatoms. The van der Waals surface area contributed by atoms with E-state index in [0.717, 1.165) is 40.1 Å². The van der Waals surface area contributed by atoms with E-state index in [1.165, 1.54) is 19.0 Å². The molecule has 0 unspecified atom stereocenters. The summed E-state index contributed by atoms with van der Waals surface area (Å²) in [6.07, 6.45) is 2.43. The van der Waals surface area contributed by atoms with Crippen molar-refractivity contribution >= 4 is 40.7 Å². The molecule has 35 heavy (non-hydrogen) atoms. The van der Waals surface area contributed by atoms with Crippen molar-refractivity contribution in [2.75, 3.05) is 25.6 Å². The van der Waals surface area contributed by atoms with E-state index in [2.05, 4.69) is 4.98 Å². The topological polar surface area (TPSA) is 142 Å². The van der Waals surface area contributed by atoms with Gasteiger partial charge in [-0.15, -0.1) is 0 Å². The molecule has 0 spiro atoms. The van der Waals surface area contributed by atoms with Gasteiger partial charge in [-0.3, -0.25) is 32.9 Å². The molecule has 1 amide bonds. The Bertz CT molecular complexity index is 1410. The lowest BCUT2D eigenvalue weighted by Gasteiger charge is -2.13. The minimum absolute atomic E-state index is 0.144. The molecule has 3 rings (SSSR count). The molecule has 0 aliphatic heterocycles. The van der Waals surface area contributed by atoms with Gasteiger partial charge < -0.3 is 10.6 Å². The van der Waals surface area contributed by atoms with E-state index in [0.29, 0.717) is 22.6 Å². The van der Waals surface area contributed by atoms with E-state index in [9.17, 15) is 24.0 Å². The SMILES string of the molecule is CCCCn1c(SCC(=O)c2c(N)n(C)c(=O)n(C)c2=O)nc2ccccc2c1=O.CN(C)C=O. The molecule has 0 saturated heterocycles. The Balaban J connectivity index is 0.000000784. The van der Waals surface area contributed by atoms with Crippen LogP contribution in [0.1, 0.15) is 30.1 Å². The van der Waals surface area contributed by atoms with Crippen LogP contribution >= 0.6 is 11.8 Å². The average molecular weight is 503 g/mol. The summed E-state index contributed by atoms with van der Waals surface area (Å²) in [5, 5.41) is 0.918. The number of hydrogen-bond donors (Lipinski definition) is 1. The first-order valence-corrected chi connectivity index (χ1v) is 11.9. The minimum atomic E-state index is -0.740. The van der Waals surface area contributed by atoms with Crippen LogP contribution in [0, 0.1) is 0 Å². The largest absolute Gasteiger partial charge is 0.384 e. The first-order valence-electron chi connectivity index (χ1n) is 10.9. The smallest absolute Gasteiger partial charge is 0.332 e. The lowest BCUT2D eigenvalue weighted by atomic mass is 10.2. The molecule has 11 nitrogen and oxygen atoms in total. The molecule has 1 aromatic carbocycles. The number of benzene rings is 1. The molecule has 188 valence electrons. The second-order valence-corrected chi connectivity index (χ2v) is 8.91. The van der Waals surface area contributed by atoms with E-state index in [1.807, 2.05) is 6.92 Å². The predicted octanol–water partition coefficient (Wildman–Crippen LogP) is 0.856. The number of nitrogen functional groups attached to an aromatic ring is 1. The fourth-order valence-electron chi connectivity index (χ4n) is 3.10. The minimum Gasteiger partial charge on any atom is -0.384 e. The number of rotatable bonds is 8. The molecule has 0 saturated carbocycles. The molecule has 2 heterocycles. The third-order valence-electron chi connectivity index (χ3n) is 5.09. The summed E-state index contributed by atoms with van der Waals surface area (Å²) < 4.78 is 3.47. The van der Waals surface area contributed by atoms with Crippen molar-refractivity contribution in [1.29, 1.82) is 0 Å². The molecular weight excluding hydrogens is 472 g/mol. The van der Waals surface area contributed by atoms with Crippen LogP contribution in [0.5, 0.6) is 0 Å². The average Bonchev–Trinajstić information content (AvgIpc) is 2.85. The quantitative estimate of drug-likeness (QED) is 0.207. The molecule has 2 N–H and O–H groups in total. The molecule has 0 bridgehead atoms. The molecular formula is C23H30N6O5S. The predicted molar refractivity (Wildman–Crippen MR) is 137 cm³/mol. The van der Waals surface area contributed by atoms with Crippen molar-refractivity contribution in [3.63, 3.8) is 0 Å². The van der Waals surface area contributed by atoms with E-state index in [1.54, 1.807) is 42.9 Å². The number of carbonyl (C=O) groups is 2. The molecule has 0 aliphatic carbocycles. The van der Waals surface area contributed by atoms with E-state index in [-0.39, 0.29) is 22.7 Å². The van der Waals surface area contributed by atoms with Gasteiger partial charge in [0.05, 0.1) is 16.7 Å². The maximum Gasteiger partial charge on any atom is 0.332 e. The Labute approximate surface area is 206 Å². The summed E-state index contributed by atoms with van der Waals surface area (Å²) in [6.45, 7) is 2.50. The van der Waals surface area contributed by atoms with Crippen molar-refractivity contribution in [1.82, 2.24) is 23.6 Å². The van der Waals surface area contributed by atoms with Gasteiger partial charge in [0.1, 0.15) is 11.4 Å². The van der Waals surface area contributed by atoms with Crippen LogP contribution in [0.4, 0.5) is 5.82 Å². The zero-order valence-electron chi connectivity index (χ0n) is 20.5. The number of nitrogens with two attached hydrogens (primary N) is 1. The molecule has 3 aromatic rings. The number of ketones is 1. The lowest BCUT2D eigenvalue weighted by Crippen LogP contribution is -2.41. The highest BCUT2D eigenvalue weighted by molar-refractivity contribution is 7.99. The summed E-state index contributed by atoms with van der Waals surface area (Å²) in [4.78, 5) is 65.5. The monoisotopic (exact) mass is 502 g/mol. The van der Waals surface area contributed by atoms with Gasteiger partial charge in [-0.25, -0.2) is 9.78 Å². The van der Waals surface area contributed by atoms with Gasteiger partial charge >= 0.3 is 5.69 Å². The van der Waals surface area contributed by atoms with Gasteiger partial charge in [-0.2, -0.15) is 0 Å². The van der Waals surface area contributed by atoms with E-state index < -0.39 is 17.0 Å². The van der Waals surface area contributed by atoms with Crippen LogP contribution in [-0.4, -0.2) is 55.6 Å². The number of amides is 1. The number of carbonyl (C=O) groups excluding carboxylic acids is 2. The number of fused-ring (bicyclic) bond motifs is 1. The number of Topliss-reactive ketones (excluding diaryl/α,β-unsaturated/α-hetero) is 1. The van der Waals surface area contributed by atoms with Crippen molar-refractivity contribution in [2.45, 2.75) is 31.5 Å². The molecule has 0 radical (unpaired) electrons. The lowest BCUT2D eigenvalue weighted by molar-refractivity contribution is -0.115. The fraction of sp³-hybridized carbons (Fsp3) is 0.391. The number of aromatic nitrogens is 4. The van der Waals surface area contributed by atoms with Crippen LogP contribution in [-0.2, 0) is 25.4 Å². The zero-order chi connectivity index (χ0) is 26.3. The third kappa shape index (κ3) is 6.27. The third-order valence-corrected chi connectivity index (χ3v) is 6.07. The zero-order valence-corrected chi connectivity index (χ0v) is 21.3. The number of para-hydroxylation sites is 1. The Morgan fingerprint density at radius 3 is 2.34 bits per heavy atom. The standard InChI is InChI=1S/C20H23N5O4S.C3H7NO/c1-4-5-10-25-17(27)12-8-6-7-9-13(12)22-19(25)30-11-14(26)15-16(21)23(2)20(29)24(3)18(15)28;1-4(2)3-5/h6-9H,4-5,10-11,21H2,1-3H3;3H,1-2H3. The number of unbranched alkanes of at least 4 members (excludes halogenated alkanes) is 1. The number of thioether (sulfide) groups is 1. The summed E-state index contributed by atoms with van der Waals surface area (Å²) in [5.41, 5.74) is 4.66. The summed E-state index contributed by atoms with van der Waals surface area (Å²) in [7, 11) is 6.07. The van der Waals surface area contributed by atoms with Crippen LogP contribution in [0.15, 0.2) is 43.8 Å². The van der Waals surface area contributed by atoms with Crippen molar-refractivity contribution in [3.05, 3.63) is 61.0 Å². The Morgan fingerprint density at radius 2 is 1.74 bits per heavy atom. The van der Waals surface area contributed by atoms with Crippen LogP contribution in [0.3, 0.4) is 0 Å². The number of hydrogen-bond acceptors (Lipinski definition) is 8. The summed E-state index contributed by atoms with van der Waals surface area (Å²) >= 11 is 1.07. The van der Waals surface area contributed by atoms with Crippen molar-refractivity contribution < 1.29 is 9.59 Å². The van der Waals surface area contributed by atoms with Crippen LogP contribution < -0.4 is 22.5 Å². The van der Waals surface area contributed by atoms with E-state index >= 15 is 0 Å². The Hall–Kier alpha value is -3.67. The van der Waals surface area contributed by atoms with Gasteiger partial charge in [-0.05, 0) is 18.6 Å². The molecule has 0 aliphatic rings. The number of anilines is 1. The van der Waals surface area contributed by atoms with Crippen LogP contribution in [0.25, 0.3) is 10.9 Å². The first-order chi connectivity index (χ1) is 16.5. The summed E-state index contributed by atoms with van der Waals surface area (Å²) in [5.74, 6) is -0.851. The maximum atomic E-state index is 12.9. The van der Waals surface area contributed by atoms with Crippen LogP contribution in [0.2, 0.25) is 0 Å². The van der Waals surface area contributed by atoms with E-state index in [4.69, 9.17) is 5.73 Å². The number of nitrogens with zero attached hydrogens (tertiary/aromatic N) is 5. The second-order valence-electron chi connectivity index (χ2n) is 7.97. The van der Waals surface area contributed by atoms with Gasteiger partial charge in [0.15, 0.2) is 10.9 Å². The van der Waals surface area contributed by atoms with Gasteiger partial charge in [0.25, 0.3) is 11.1 Å². The molecule has 0 fully saturated rings.